The molecule has 0 spiro atoms. The second-order valence-corrected chi connectivity index (χ2v) is 11.0. The smallest absolute Gasteiger partial charge is 0.226 e. The number of aromatic nitrogens is 6. The first-order chi connectivity index (χ1) is 16.7. The van der Waals surface area contributed by atoms with Crippen LogP contribution in [0.15, 0.2) is 24.5 Å². The third kappa shape index (κ3) is 4.96. The lowest BCUT2D eigenvalue weighted by Gasteiger charge is -2.30. The Morgan fingerprint density at radius 2 is 1.94 bits per heavy atom. The molecule has 0 saturated carbocycles. The molecule has 0 aliphatic carbocycles. The van der Waals surface area contributed by atoms with Crippen LogP contribution in [0.3, 0.4) is 0 Å². The molecule has 1 fully saturated rings. The molecule has 1 saturated heterocycles. The summed E-state index contributed by atoms with van der Waals surface area (Å²) >= 11 is 12.5. The maximum Gasteiger partial charge on any atom is 0.226 e. The van der Waals surface area contributed by atoms with Crippen LogP contribution in [-0.4, -0.2) is 68.1 Å². The topological polar surface area (TPSA) is 139 Å². The first-order valence-corrected chi connectivity index (χ1v) is 13.5. The molecule has 4 heterocycles. The molecule has 1 aliphatic heterocycles. The Labute approximate surface area is 211 Å². The molecule has 0 unspecified atom stereocenters. The molecule has 1 atom stereocenters. The quantitative estimate of drug-likeness (QED) is 0.353. The lowest BCUT2D eigenvalue weighted by Crippen LogP contribution is -2.41. The van der Waals surface area contributed by atoms with E-state index in [4.69, 9.17) is 37.9 Å². The van der Waals surface area contributed by atoms with Gasteiger partial charge in [0, 0.05) is 13.1 Å². The van der Waals surface area contributed by atoms with Gasteiger partial charge in [0.2, 0.25) is 21.2 Å². The van der Waals surface area contributed by atoms with Crippen molar-refractivity contribution in [3.05, 3.63) is 40.7 Å². The van der Waals surface area contributed by atoms with Gasteiger partial charge in [0.05, 0.1) is 34.6 Å². The average Bonchev–Trinajstić information content (AvgIpc) is 3.27. The van der Waals surface area contributed by atoms with Crippen LogP contribution in [0.25, 0.3) is 22.1 Å². The predicted molar refractivity (Wildman–Crippen MR) is 133 cm³/mol. The van der Waals surface area contributed by atoms with Crippen LogP contribution in [-0.2, 0) is 10.0 Å². The van der Waals surface area contributed by atoms with Crippen LogP contribution in [0.2, 0.25) is 10.3 Å². The lowest BCUT2D eigenvalue weighted by atomic mass is 10.1. The molecule has 35 heavy (non-hydrogen) atoms. The first-order valence-electron chi connectivity index (χ1n) is 10.9. The van der Waals surface area contributed by atoms with Crippen LogP contribution in [0.1, 0.15) is 31.6 Å². The summed E-state index contributed by atoms with van der Waals surface area (Å²) in [6, 6.07) is 5.01. The van der Waals surface area contributed by atoms with Gasteiger partial charge in [0.25, 0.3) is 0 Å². The summed E-state index contributed by atoms with van der Waals surface area (Å²) in [5, 5.41) is 4.41. The zero-order chi connectivity index (χ0) is 24.7. The standard InChI is InChI=1S/C21H22Cl2N8O3S/c1-11(26-19-16-18(25-10-24-16)29-21(23)30-19)17-27-14-5-3-4-13(22)15(14)20(28-17)34-12-6-8-31(9-7-12)35(2,32)33/h3-5,10-12H,6-9H2,1-2H3,(H2,24,25,26,29,30)/t11-/m0/s1. The third-order valence-electron chi connectivity index (χ3n) is 5.80. The van der Waals surface area contributed by atoms with Gasteiger partial charge < -0.3 is 15.0 Å². The minimum absolute atomic E-state index is 0.0760. The number of rotatable bonds is 6. The number of aromatic amines is 1. The highest BCUT2D eigenvalue weighted by Crippen LogP contribution is 2.33. The number of fused-ring (bicyclic) bond motifs is 2. The van der Waals surface area contributed by atoms with E-state index < -0.39 is 16.1 Å². The summed E-state index contributed by atoms with van der Waals surface area (Å²) in [5.41, 5.74) is 1.68. The van der Waals surface area contributed by atoms with Crippen LogP contribution in [0, 0.1) is 0 Å². The molecule has 2 N–H and O–H groups in total. The van der Waals surface area contributed by atoms with Crippen LogP contribution >= 0.6 is 23.2 Å². The highest BCUT2D eigenvalue weighted by molar-refractivity contribution is 7.88. The molecule has 0 radical (unpaired) electrons. The van der Waals surface area contributed by atoms with E-state index in [1.54, 1.807) is 6.07 Å². The van der Waals surface area contributed by atoms with Crippen molar-refractivity contribution in [3.8, 4) is 5.88 Å². The Hall–Kier alpha value is -2.80. The van der Waals surface area contributed by atoms with E-state index in [0.717, 1.165) is 0 Å². The van der Waals surface area contributed by atoms with Gasteiger partial charge in [-0.3, -0.25) is 0 Å². The van der Waals surface area contributed by atoms with E-state index in [2.05, 4.69) is 25.3 Å². The van der Waals surface area contributed by atoms with Crippen LogP contribution < -0.4 is 10.1 Å². The summed E-state index contributed by atoms with van der Waals surface area (Å²) in [6.45, 7) is 2.66. The fourth-order valence-electron chi connectivity index (χ4n) is 4.02. The Bertz CT molecular complexity index is 1510. The zero-order valence-electron chi connectivity index (χ0n) is 18.9. The fourth-order valence-corrected chi connectivity index (χ4v) is 5.32. The molecular formula is C21H22Cl2N8O3S. The first kappa shape index (κ1) is 23.9. The van der Waals surface area contributed by atoms with E-state index in [-0.39, 0.29) is 11.4 Å². The van der Waals surface area contributed by atoms with E-state index in [9.17, 15) is 8.42 Å². The Morgan fingerprint density at radius 1 is 1.17 bits per heavy atom. The molecule has 11 nitrogen and oxygen atoms in total. The predicted octanol–water partition coefficient (Wildman–Crippen LogP) is 3.58. The van der Waals surface area contributed by atoms with Gasteiger partial charge in [-0.2, -0.15) is 15.0 Å². The zero-order valence-corrected chi connectivity index (χ0v) is 21.2. The number of hydrogen-bond donors (Lipinski definition) is 2. The van der Waals surface area contributed by atoms with Gasteiger partial charge >= 0.3 is 0 Å². The third-order valence-corrected chi connectivity index (χ3v) is 7.58. The molecule has 1 aliphatic rings. The minimum atomic E-state index is -3.23. The number of halogens is 2. The maximum atomic E-state index is 11.8. The number of nitrogens with zero attached hydrogens (tertiary/aromatic N) is 6. The van der Waals surface area contributed by atoms with Gasteiger partial charge in [0.1, 0.15) is 11.6 Å². The SMILES string of the molecule is C[C@H](Nc1nc(Cl)nc2[nH]cnc12)c1nc(OC2CCN(S(C)(=O)=O)CC2)c2c(Cl)cccc2n1. The van der Waals surface area contributed by atoms with Crippen molar-refractivity contribution in [3.63, 3.8) is 0 Å². The number of benzene rings is 1. The summed E-state index contributed by atoms with van der Waals surface area (Å²) in [5.74, 6) is 1.26. The number of hydrogen-bond acceptors (Lipinski definition) is 9. The molecule has 3 aromatic heterocycles. The molecule has 0 bridgehead atoms. The monoisotopic (exact) mass is 536 g/mol. The summed E-state index contributed by atoms with van der Waals surface area (Å²) in [7, 11) is -3.23. The van der Waals surface area contributed by atoms with Gasteiger partial charge in [-0.05, 0) is 43.5 Å². The number of ether oxygens (including phenoxy) is 1. The van der Waals surface area contributed by atoms with Crippen LogP contribution in [0.4, 0.5) is 5.82 Å². The van der Waals surface area contributed by atoms with Gasteiger partial charge in [-0.1, -0.05) is 17.7 Å². The molecular weight excluding hydrogens is 515 g/mol. The number of imidazole rings is 1. The molecule has 184 valence electrons. The minimum Gasteiger partial charge on any atom is -0.474 e. The number of sulfonamides is 1. The molecule has 14 heteroatoms. The van der Waals surface area contributed by atoms with Gasteiger partial charge in [-0.25, -0.2) is 22.7 Å². The van der Waals surface area contributed by atoms with Crippen molar-refractivity contribution in [2.45, 2.75) is 31.9 Å². The Kier molecular flexibility index (Phi) is 6.38. The fraction of sp³-hybridized carbons (Fsp3) is 0.381. The largest absolute Gasteiger partial charge is 0.474 e. The summed E-state index contributed by atoms with van der Waals surface area (Å²) < 4.78 is 31.4. The molecule has 5 rings (SSSR count). The summed E-state index contributed by atoms with van der Waals surface area (Å²) in [4.78, 5) is 24.9. The molecule has 4 aromatic rings. The van der Waals surface area contributed by atoms with Crippen molar-refractivity contribution in [1.29, 1.82) is 0 Å². The van der Waals surface area contributed by atoms with E-state index in [1.807, 2.05) is 19.1 Å². The Balaban J connectivity index is 1.45. The van der Waals surface area contributed by atoms with Crippen molar-refractivity contribution in [1.82, 2.24) is 34.2 Å². The summed E-state index contributed by atoms with van der Waals surface area (Å²) in [6.07, 6.45) is 3.61. The van der Waals surface area contributed by atoms with E-state index in [1.165, 1.54) is 16.9 Å². The maximum absolute atomic E-state index is 11.8. The number of anilines is 1. The number of nitrogens with one attached hydrogen (secondary N) is 2. The second-order valence-electron chi connectivity index (χ2n) is 8.31. The number of piperidine rings is 1. The highest BCUT2D eigenvalue weighted by Gasteiger charge is 2.27. The Morgan fingerprint density at radius 3 is 2.69 bits per heavy atom. The van der Waals surface area contributed by atoms with Crippen molar-refractivity contribution < 1.29 is 13.2 Å². The van der Waals surface area contributed by atoms with Crippen LogP contribution in [0.5, 0.6) is 5.88 Å². The second kappa shape index (κ2) is 9.34. The van der Waals surface area contributed by atoms with Crippen molar-refractivity contribution >= 4 is 61.1 Å². The van der Waals surface area contributed by atoms with E-state index in [0.29, 0.717) is 70.5 Å². The van der Waals surface area contributed by atoms with Crippen molar-refractivity contribution in [2.24, 2.45) is 0 Å². The van der Waals surface area contributed by atoms with Gasteiger partial charge in [-0.15, -0.1) is 0 Å². The normalized spacial score (nSPS) is 16.6. The highest BCUT2D eigenvalue weighted by atomic mass is 35.5. The molecule has 1 aromatic carbocycles. The van der Waals surface area contributed by atoms with Crippen molar-refractivity contribution in [2.75, 3.05) is 24.7 Å². The molecule has 0 amide bonds. The number of H-pyrrole nitrogens is 1. The average molecular weight is 537 g/mol. The lowest BCUT2D eigenvalue weighted by molar-refractivity contribution is 0.131. The van der Waals surface area contributed by atoms with Gasteiger partial charge in [0.15, 0.2) is 17.3 Å². The van der Waals surface area contributed by atoms with E-state index >= 15 is 0 Å².